The lowest BCUT2D eigenvalue weighted by atomic mass is 10.1. The van der Waals surface area contributed by atoms with Crippen LogP contribution in [0.5, 0.6) is 0 Å². The molecule has 3 aliphatic rings. The fraction of sp³-hybridized carbons (Fsp3) is 0.708. The summed E-state index contributed by atoms with van der Waals surface area (Å²) in [4.78, 5) is 14.1. The molecule has 3 saturated heterocycles. The molecule has 0 aliphatic carbocycles. The minimum absolute atomic E-state index is 0.120. The Balaban J connectivity index is 1.11. The highest BCUT2D eigenvalue weighted by Gasteiger charge is 2.27. The van der Waals surface area contributed by atoms with Gasteiger partial charge in [0.25, 0.3) is 0 Å². The largest absolute Gasteiger partial charge is 0.379 e. The van der Waals surface area contributed by atoms with Crippen molar-refractivity contribution >= 4 is 11.6 Å². The summed E-state index contributed by atoms with van der Waals surface area (Å²) in [5, 5.41) is 3.57. The van der Waals surface area contributed by atoms with Gasteiger partial charge in [-0.2, -0.15) is 0 Å². The summed E-state index contributed by atoms with van der Waals surface area (Å²) in [6.07, 6.45) is 2.33. The third-order valence-electron chi connectivity index (χ3n) is 6.92. The van der Waals surface area contributed by atoms with Crippen molar-refractivity contribution in [2.24, 2.45) is 10.9 Å². The SMILES string of the molecule is CN=C(NCCCN1CCN(c2ccccc2F)CC1)N1CCC(CN2CCOCC2)C1. The number of nitrogens with zero attached hydrogens (tertiary/aromatic N) is 5. The van der Waals surface area contributed by atoms with E-state index in [9.17, 15) is 4.39 Å². The zero-order valence-electron chi connectivity index (χ0n) is 19.5. The highest BCUT2D eigenvalue weighted by atomic mass is 19.1. The van der Waals surface area contributed by atoms with Gasteiger partial charge in [0.1, 0.15) is 5.82 Å². The molecule has 3 fully saturated rings. The van der Waals surface area contributed by atoms with E-state index in [1.807, 2.05) is 19.2 Å². The lowest BCUT2D eigenvalue weighted by Crippen LogP contribution is -2.47. The van der Waals surface area contributed by atoms with Gasteiger partial charge in [-0.25, -0.2) is 4.39 Å². The zero-order valence-corrected chi connectivity index (χ0v) is 19.5. The second-order valence-electron chi connectivity index (χ2n) is 9.12. The number of piperazine rings is 1. The van der Waals surface area contributed by atoms with Crippen LogP contribution >= 0.6 is 0 Å². The van der Waals surface area contributed by atoms with Crippen molar-refractivity contribution in [2.45, 2.75) is 12.8 Å². The number of hydrogen-bond acceptors (Lipinski definition) is 5. The molecule has 1 aromatic carbocycles. The molecule has 8 heteroatoms. The summed E-state index contributed by atoms with van der Waals surface area (Å²) < 4.78 is 19.5. The summed E-state index contributed by atoms with van der Waals surface area (Å²) in [5.74, 6) is 1.64. The smallest absolute Gasteiger partial charge is 0.193 e. The van der Waals surface area contributed by atoms with E-state index in [1.165, 1.54) is 13.0 Å². The van der Waals surface area contributed by atoms with Crippen LogP contribution < -0.4 is 10.2 Å². The van der Waals surface area contributed by atoms with Crippen LogP contribution in [0.1, 0.15) is 12.8 Å². The van der Waals surface area contributed by atoms with Crippen LogP contribution in [0.25, 0.3) is 0 Å². The van der Waals surface area contributed by atoms with Gasteiger partial charge in [0.05, 0.1) is 18.9 Å². The van der Waals surface area contributed by atoms with Crippen molar-refractivity contribution in [2.75, 3.05) is 97.2 Å². The number of guanidine groups is 1. The number of morpholine rings is 1. The third kappa shape index (κ3) is 6.33. The monoisotopic (exact) mass is 446 g/mol. The van der Waals surface area contributed by atoms with Gasteiger partial charge < -0.3 is 19.9 Å². The molecule has 32 heavy (non-hydrogen) atoms. The Morgan fingerprint density at radius 3 is 2.59 bits per heavy atom. The Bertz CT molecular complexity index is 733. The normalized spacial score (nSPS) is 23.7. The zero-order chi connectivity index (χ0) is 22.2. The van der Waals surface area contributed by atoms with E-state index in [-0.39, 0.29) is 5.82 Å². The molecule has 0 amide bonds. The predicted molar refractivity (Wildman–Crippen MR) is 128 cm³/mol. The molecule has 0 radical (unpaired) electrons. The third-order valence-corrected chi connectivity index (χ3v) is 6.92. The first kappa shape index (κ1) is 23.3. The Labute approximate surface area is 192 Å². The lowest BCUT2D eigenvalue weighted by molar-refractivity contribution is 0.0315. The van der Waals surface area contributed by atoms with Gasteiger partial charge in [-0.3, -0.25) is 14.8 Å². The molecule has 4 rings (SSSR count). The van der Waals surface area contributed by atoms with Crippen LogP contribution in [0.4, 0.5) is 10.1 Å². The van der Waals surface area contributed by atoms with E-state index in [0.29, 0.717) is 0 Å². The molecule has 1 unspecified atom stereocenters. The quantitative estimate of drug-likeness (QED) is 0.390. The Morgan fingerprint density at radius 2 is 1.84 bits per heavy atom. The number of para-hydroxylation sites is 1. The second kappa shape index (κ2) is 11.8. The number of ether oxygens (including phenoxy) is 1. The fourth-order valence-electron chi connectivity index (χ4n) is 5.08. The number of rotatable bonds is 7. The van der Waals surface area contributed by atoms with Crippen LogP contribution in [0.3, 0.4) is 0 Å². The number of aliphatic imine (C=N–C) groups is 1. The Kier molecular flexibility index (Phi) is 8.59. The van der Waals surface area contributed by atoms with E-state index in [0.717, 1.165) is 103 Å². The minimum atomic E-state index is -0.120. The highest BCUT2D eigenvalue weighted by molar-refractivity contribution is 5.80. The molecular formula is C24H39FN6O. The summed E-state index contributed by atoms with van der Waals surface area (Å²) in [7, 11) is 1.89. The van der Waals surface area contributed by atoms with Crippen LogP contribution in [-0.4, -0.2) is 113 Å². The van der Waals surface area contributed by atoms with Gasteiger partial charge in [0, 0.05) is 72.5 Å². The number of hydrogen-bond donors (Lipinski definition) is 1. The fourth-order valence-corrected chi connectivity index (χ4v) is 5.08. The first-order valence-electron chi connectivity index (χ1n) is 12.2. The molecule has 7 nitrogen and oxygen atoms in total. The Hall–Kier alpha value is -1.90. The second-order valence-corrected chi connectivity index (χ2v) is 9.12. The number of nitrogens with one attached hydrogen (secondary N) is 1. The molecule has 0 spiro atoms. The summed E-state index contributed by atoms with van der Waals surface area (Å²) in [5.41, 5.74) is 0.732. The lowest BCUT2D eigenvalue weighted by Gasteiger charge is -2.36. The molecule has 3 aliphatic heterocycles. The molecule has 0 aromatic heterocycles. The molecule has 1 aromatic rings. The van der Waals surface area contributed by atoms with Gasteiger partial charge >= 0.3 is 0 Å². The number of halogens is 1. The topological polar surface area (TPSA) is 46.6 Å². The van der Waals surface area contributed by atoms with Crippen molar-refractivity contribution < 1.29 is 9.13 Å². The van der Waals surface area contributed by atoms with E-state index < -0.39 is 0 Å². The van der Waals surface area contributed by atoms with Gasteiger partial charge in [-0.1, -0.05) is 12.1 Å². The first-order valence-corrected chi connectivity index (χ1v) is 12.2. The van der Waals surface area contributed by atoms with Crippen molar-refractivity contribution in [1.82, 2.24) is 20.0 Å². The molecule has 1 atom stereocenters. The van der Waals surface area contributed by atoms with Crippen molar-refractivity contribution in [3.05, 3.63) is 30.1 Å². The maximum Gasteiger partial charge on any atom is 0.193 e. The van der Waals surface area contributed by atoms with E-state index in [2.05, 4.69) is 29.9 Å². The van der Waals surface area contributed by atoms with Crippen LogP contribution in [-0.2, 0) is 4.74 Å². The molecule has 0 saturated carbocycles. The Morgan fingerprint density at radius 1 is 1.06 bits per heavy atom. The maximum absolute atomic E-state index is 14.0. The average Bonchev–Trinajstić information content (AvgIpc) is 3.29. The van der Waals surface area contributed by atoms with E-state index >= 15 is 0 Å². The van der Waals surface area contributed by atoms with E-state index in [4.69, 9.17) is 4.74 Å². The maximum atomic E-state index is 14.0. The van der Waals surface area contributed by atoms with Gasteiger partial charge in [0.15, 0.2) is 5.96 Å². The van der Waals surface area contributed by atoms with Gasteiger partial charge in [-0.15, -0.1) is 0 Å². The van der Waals surface area contributed by atoms with Gasteiger partial charge in [-0.05, 0) is 37.4 Å². The predicted octanol–water partition coefficient (Wildman–Crippen LogP) is 1.57. The minimum Gasteiger partial charge on any atom is -0.379 e. The summed E-state index contributed by atoms with van der Waals surface area (Å²) in [6.45, 7) is 13.0. The average molecular weight is 447 g/mol. The molecule has 3 heterocycles. The molecule has 0 bridgehead atoms. The van der Waals surface area contributed by atoms with Crippen molar-refractivity contribution in [1.29, 1.82) is 0 Å². The molecule has 178 valence electrons. The van der Waals surface area contributed by atoms with Crippen molar-refractivity contribution in [3.8, 4) is 0 Å². The van der Waals surface area contributed by atoms with Gasteiger partial charge in [0.2, 0.25) is 0 Å². The van der Waals surface area contributed by atoms with Crippen LogP contribution in [0.15, 0.2) is 29.3 Å². The standard InChI is InChI=1S/C24H39FN6O/c1-26-24(31-10-7-21(20-31)19-29-15-17-32-18-16-29)27-8-4-9-28-11-13-30(14-12-28)23-6-3-2-5-22(23)25/h2-3,5-6,21H,4,7-20H2,1H3,(H,26,27). The number of anilines is 1. The molecule has 1 N–H and O–H groups in total. The molecular weight excluding hydrogens is 407 g/mol. The number of benzene rings is 1. The first-order chi connectivity index (χ1) is 15.7. The highest BCUT2D eigenvalue weighted by Crippen LogP contribution is 2.20. The number of likely N-dealkylation sites (tertiary alicyclic amines) is 1. The summed E-state index contributed by atoms with van der Waals surface area (Å²) in [6, 6.07) is 7.09. The van der Waals surface area contributed by atoms with Crippen LogP contribution in [0.2, 0.25) is 0 Å². The van der Waals surface area contributed by atoms with Crippen LogP contribution in [0, 0.1) is 11.7 Å². The van der Waals surface area contributed by atoms with Crippen molar-refractivity contribution in [3.63, 3.8) is 0 Å². The summed E-state index contributed by atoms with van der Waals surface area (Å²) >= 11 is 0. The van der Waals surface area contributed by atoms with E-state index in [1.54, 1.807) is 12.1 Å².